The smallest absolute Gasteiger partial charge is 0.240 e. The highest BCUT2D eigenvalue weighted by Gasteiger charge is 2.21. The maximum atomic E-state index is 12.4. The number of rotatable bonds is 7. The highest BCUT2D eigenvalue weighted by Crippen LogP contribution is 2.31. The second-order valence-corrected chi connectivity index (χ2v) is 10.2. The minimum atomic E-state index is -3.51. The van der Waals surface area contributed by atoms with Crippen LogP contribution in [0.2, 0.25) is 0 Å². The fourth-order valence-electron chi connectivity index (χ4n) is 2.89. The molecule has 2 N–H and O–H groups in total. The van der Waals surface area contributed by atoms with E-state index in [-0.39, 0.29) is 22.1 Å². The van der Waals surface area contributed by atoms with Crippen LogP contribution >= 0.6 is 11.8 Å². The molecular weight excluding hydrogens is 356 g/mol. The molecule has 140 valence electrons. The van der Waals surface area contributed by atoms with E-state index in [1.165, 1.54) is 44.2 Å². The highest BCUT2D eigenvalue weighted by atomic mass is 32.2. The van der Waals surface area contributed by atoms with Gasteiger partial charge in [0.1, 0.15) is 0 Å². The molecule has 1 saturated carbocycles. The molecule has 0 spiro atoms. The number of hydrogen-bond donors (Lipinski definition) is 2. The van der Waals surface area contributed by atoms with Crippen molar-refractivity contribution < 1.29 is 13.2 Å². The molecule has 1 fully saturated rings. The monoisotopic (exact) mass is 384 g/mol. The molecule has 0 saturated heterocycles. The Morgan fingerprint density at radius 3 is 2.24 bits per heavy atom. The summed E-state index contributed by atoms with van der Waals surface area (Å²) in [5.41, 5.74) is 0.615. The van der Waals surface area contributed by atoms with Crippen molar-refractivity contribution in [1.82, 2.24) is 4.72 Å². The van der Waals surface area contributed by atoms with Gasteiger partial charge in [-0.25, -0.2) is 13.1 Å². The zero-order valence-corrected chi connectivity index (χ0v) is 16.8. The summed E-state index contributed by atoms with van der Waals surface area (Å²) >= 11 is 1.74. The van der Waals surface area contributed by atoms with Gasteiger partial charge >= 0.3 is 0 Å². The fourth-order valence-corrected chi connectivity index (χ4v) is 5.51. The van der Waals surface area contributed by atoms with E-state index in [4.69, 9.17) is 0 Å². The second-order valence-electron chi connectivity index (χ2n) is 6.83. The van der Waals surface area contributed by atoms with Gasteiger partial charge in [0.15, 0.2) is 0 Å². The number of amides is 1. The van der Waals surface area contributed by atoms with Crippen LogP contribution in [-0.4, -0.2) is 30.9 Å². The zero-order chi connectivity index (χ0) is 18.4. The predicted molar refractivity (Wildman–Crippen MR) is 104 cm³/mol. The van der Waals surface area contributed by atoms with E-state index in [9.17, 15) is 13.2 Å². The normalized spacial score (nSPS) is 17.4. The summed E-state index contributed by atoms with van der Waals surface area (Å²) in [5.74, 6) is -0.0357. The fraction of sp³-hybridized carbons (Fsp3) is 0.611. The molecule has 1 atom stereocenters. The average molecular weight is 385 g/mol. The summed E-state index contributed by atoms with van der Waals surface area (Å²) in [7, 11) is -3.51. The summed E-state index contributed by atoms with van der Waals surface area (Å²) in [6.45, 7) is 5.48. The van der Waals surface area contributed by atoms with Gasteiger partial charge in [-0.05, 0) is 57.9 Å². The molecule has 25 heavy (non-hydrogen) atoms. The number of benzene rings is 1. The summed E-state index contributed by atoms with van der Waals surface area (Å²) in [4.78, 5) is 12.5. The first kappa shape index (κ1) is 20.3. The number of anilines is 1. The van der Waals surface area contributed by atoms with Gasteiger partial charge in [-0.2, -0.15) is 0 Å². The Morgan fingerprint density at radius 1 is 1.08 bits per heavy atom. The van der Waals surface area contributed by atoms with Gasteiger partial charge in [0.2, 0.25) is 15.9 Å². The van der Waals surface area contributed by atoms with Crippen LogP contribution in [0.3, 0.4) is 0 Å². The summed E-state index contributed by atoms with van der Waals surface area (Å²) < 4.78 is 26.7. The van der Waals surface area contributed by atoms with E-state index >= 15 is 0 Å². The van der Waals surface area contributed by atoms with Crippen LogP contribution in [0.25, 0.3) is 0 Å². The van der Waals surface area contributed by atoms with Crippen molar-refractivity contribution in [3.8, 4) is 0 Å². The Kier molecular flexibility index (Phi) is 7.34. The zero-order valence-electron chi connectivity index (χ0n) is 15.1. The number of thioether (sulfide) groups is 1. The molecule has 0 heterocycles. The van der Waals surface area contributed by atoms with Gasteiger partial charge in [-0.3, -0.25) is 4.79 Å². The Labute approximate surface area is 155 Å². The molecule has 1 aromatic rings. The van der Waals surface area contributed by atoms with E-state index < -0.39 is 10.0 Å². The van der Waals surface area contributed by atoms with Crippen LogP contribution in [0, 0.1) is 0 Å². The van der Waals surface area contributed by atoms with Crippen molar-refractivity contribution in [1.29, 1.82) is 0 Å². The van der Waals surface area contributed by atoms with Crippen molar-refractivity contribution in [2.24, 2.45) is 0 Å². The van der Waals surface area contributed by atoms with Gasteiger partial charge in [-0.1, -0.05) is 19.3 Å². The van der Waals surface area contributed by atoms with E-state index in [1.807, 2.05) is 6.92 Å². The molecule has 0 radical (unpaired) electrons. The van der Waals surface area contributed by atoms with E-state index in [1.54, 1.807) is 37.7 Å². The molecule has 5 nitrogen and oxygen atoms in total. The summed E-state index contributed by atoms with van der Waals surface area (Å²) in [6, 6.07) is 6.12. The van der Waals surface area contributed by atoms with Crippen LogP contribution in [0.4, 0.5) is 5.69 Å². The topological polar surface area (TPSA) is 75.3 Å². The number of nitrogens with one attached hydrogen (secondary N) is 2. The van der Waals surface area contributed by atoms with Crippen LogP contribution in [0.15, 0.2) is 29.2 Å². The minimum Gasteiger partial charge on any atom is -0.325 e. The first-order valence-corrected chi connectivity index (χ1v) is 11.3. The molecule has 1 aliphatic rings. The molecular formula is C18H28N2O3S2. The van der Waals surface area contributed by atoms with Crippen LogP contribution < -0.4 is 10.0 Å². The number of sulfonamides is 1. The number of carbonyl (C=O) groups excluding carboxylic acids is 1. The van der Waals surface area contributed by atoms with Gasteiger partial charge in [-0.15, -0.1) is 11.8 Å². The molecule has 1 aliphatic carbocycles. The number of carbonyl (C=O) groups is 1. The van der Waals surface area contributed by atoms with Crippen molar-refractivity contribution in [3.05, 3.63) is 24.3 Å². The van der Waals surface area contributed by atoms with E-state index in [2.05, 4.69) is 10.0 Å². The van der Waals surface area contributed by atoms with Crippen molar-refractivity contribution in [2.45, 2.75) is 74.3 Å². The lowest BCUT2D eigenvalue weighted by molar-refractivity contribution is -0.115. The minimum absolute atomic E-state index is 0.0357. The van der Waals surface area contributed by atoms with E-state index in [0.717, 1.165) is 0 Å². The maximum Gasteiger partial charge on any atom is 0.240 e. The lowest BCUT2D eigenvalue weighted by atomic mass is 10.0. The number of hydrogen-bond acceptors (Lipinski definition) is 4. The predicted octanol–water partition coefficient (Wildman–Crippen LogP) is 3.77. The van der Waals surface area contributed by atoms with Crippen molar-refractivity contribution >= 4 is 33.4 Å². The summed E-state index contributed by atoms with van der Waals surface area (Å²) in [5, 5.41) is 3.33. The largest absolute Gasteiger partial charge is 0.325 e. The quantitative estimate of drug-likeness (QED) is 0.750. The molecule has 1 unspecified atom stereocenters. The molecule has 0 bridgehead atoms. The first-order valence-electron chi connectivity index (χ1n) is 8.86. The third-order valence-corrected chi connectivity index (χ3v) is 7.29. The van der Waals surface area contributed by atoms with E-state index in [0.29, 0.717) is 10.9 Å². The van der Waals surface area contributed by atoms with Crippen molar-refractivity contribution in [3.63, 3.8) is 0 Å². The second kappa shape index (κ2) is 9.05. The Hall–Kier alpha value is -1.05. The molecule has 7 heteroatoms. The molecule has 1 amide bonds. The van der Waals surface area contributed by atoms with Crippen LogP contribution in [-0.2, 0) is 14.8 Å². The Bertz CT molecular complexity index is 666. The van der Waals surface area contributed by atoms with Gasteiger partial charge < -0.3 is 5.32 Å². The maximum absolute atomic E-state index is 12.4. The van der Waals surface area contributed by atoms with Gasteiger partial charge in [0.05, 0.1) is 10.1 Å². The Morgan fingerprint density at radius 2 is 1.68 bits per heavy atom. The molecule has 0 aliphatic heterocycles. The lowest BCUT2D eigenvalue weighted by Gasteiger charge is -2.23. The third-order valence-electron chi connectivity index (χ3n) is 4.14. The molecule has 2 rings (SSSR count). The summed E-state index contributed by atoms with van der Waals surface area (Å²) in [6.07, 6.45) is 6.20. The highest BCUT2D eigenvalue weighted by molar-refractivity contribution is 8.01. The van der Waals surface area contributed by atoms with Gasteiger partial charge in [0.25, 0.3) is 0 Å². The molecule has 0 aromatic heterocycles. The lowest BCUT2D eigenvalue weighted by Crippen LogP contribution is -2.30. The Balaban J connectivity index is 1.92. The first-order chi connectivity index (χ1) is 11.8. The average Bonchev–Trinajstić information content (AvgIpc) is 2.55. The third kappa shape index (κ3) is 6.31. The van der Waals surface area contributed by atoms with Crippen LogP contribution in [0.5, 0.6) is 0 Å². The standard InChI is InChI=1S/C18H28N2O3S2/c1-13(2)20-25(22,23)17-11-9-15(10-12-17)19-18(21)14(3)24-16-7-5-4-6-8-16/h9-14,16,20H,4-8H2,1-3H3,(H,19,21). The van der Waals surface area contributed by atoms with Gasteiger partial charge in [0, 0.05) is 17.0 Å². The SMILES string of the molecule is CC(C)NS(=O)(=O)c1ccc(NC(=O)C(C)SC2CCCCC2)cc1. The van der Waals surface area contributed by atoms with Crippen LogP contribution in [0.1, 0.15) is 52.9 Å². The molecule has 1 aromatic carbocycles. The van der Waals surface area contributed by atoms with Crippen molar-refractivity contribution in [2.75, 3.05) is 5.32 Å².